The molecule has 0 unspecified atom stereocenters. The van der Waals surface area contributed by atoms with Gasteiger partial charge in [-0.25, -0.2) is 0 Å². The van der Waals surface area contributed by atoms with Crippen molar-refractivity contribution < 1.29 is 20.1 Å². The van der Waals surface area contributed by atoms with Crippen molar-refractivity contribution >= 4 is 0 Å². The van der Waals surface area contributed by atoms with E-state index in [0.29, 0.717) is 0 Å². The molecule has 0 aliphatic heterocycles. The van der Waals surface area contributed by atoms with Crippen molar-refractivity contribution in [3.63, 3.8) is 0 Å². The summed E-state index contributed by atoms with van der Waals surface area (Å²) in [7, 11) is 0. The number of aromatic nitrogens is 2. The fourth-order valence-corrected chi connectivity index (χ4v) is 3.73. The minimum atomic E-state index is 0. The quantitative estimate of drug-likeness (QED) is 0.184. The van der Waals surface area contributed by atoms with Gasteiger partial charge in [0.15, 0.2) is 0 Å². The molecule has 0 saturated carbocycles. The first-order chi connectivity index (χ1) is 16.9. The number of nitrogens with zero attached hydrogens (tertiary/aromatic N) is 2. The molecule has 0 N–H and O–H groups in total. The summed E-state index contributed by atoms with van der Waals surface area (Å²) in [6.45, 7) is 8.70. The summed E-state index contributed by atoms with van der Waals surface area (Å²) in [5.41, 5.74) is 9.06. The second kappa shape index (κ2) is 12.5. The number of hydrogen-bond acceptors (Lipinski definition) is 2. The van der Waals surface area contributed by atoms with E-state index in [9.17, 15) is 0 Å². The SMILES string of the molecule is CC(C)(C)c1ccc(-c2[c-]cccc2)nc1.Cc1cc(-c2[c-]cccc2)ncc1-c1ccccc1.[Ir]. The number of rotatable bonds is 3. The molecule has 2 heterocycles. The zero-order chi connectivity index (χ0) is 24.7. The summed E-state index contributed by atoms with van der Waals surface area (Å²) in [6.07, 6.45) is 3.90. The predicted molar refractivity (Wildman–Crippen MR) is 146 cm³/mol. The van der Waals surface area contributed by atoms with Crippen molar-refractivity contribution in [1.82, 2.24) is 9.97 Å². The predicted octanol–water partition coefficient (Wildman–Crippen LogP) is 8.37. The van der Waals surface area contributed by atoms with Gasteiger partial charge in [0.1, 0.15) is 0 Å². The van der Waals surface area contributed by atoms with Gasteiger partial charge in [-0.15, -0.1) is 71.8 Å². The second-order valence-corrected chi connectivity index (χ2v) is 9.49. The van der Waals surface area contributed by atoms with Crippen LogP contribution in [0.15, 0.2) is 109 Å². The van der Waals surface area contributed by atoms with Crippen molar-refractivity contribution in [3.05, 3.63) is 133 Å². The monoisotopic (exact) mass is 647 g/mol. The largest absolute Gasteiger partial charge is 0.304 e. The average Bonchev–Trinajstić information content (AvgIpc) is 2.90. The molecule has 183 valence electrons. The zero-order valence-corrected chi connectivity index (χ0v) is 23.5. The third-order valence-electron chi connectivity index (χ3n) is 5.80. The maximum absolute atomic E-state index is 4.55. The molecular formula is C33H30IrN2-2. The molecule has 36 heavy (non-hydrogen) atoms. The van der Waals surface area contributed by atoms with Crippen molar-refractivity contribution in [2.24, 2.45) is 0 Å². The Labute approximate surface area is 228 Å². The smallest absolute Gasteiger partial charge is 0.0242 e. The van der Waals surface area contributed by atoms with E-state index in [0.717, 1.165) is 22.5 Å². The van der Waals surface area contributed by atoms with Gasteiger partial charge < -0.3 is 9.97 Å². The first-order valence-corrected chi connectivity index (χ1v) is 11.8. The molecule has 0 spiro atoms. The first kappa shape index (κ1) is 27.2. The summed E-state index contributed by atoms with van der Waals surface area (Å²) in [6, 6.07) is 38.9. The molecule has 0 aliphatic rings. The van der Waals surface area contributed by atoms with Crippen LogP contribution >= 0.6 is 0 Å². The molecule has 2 nitrogen and oxygen atoms in total. The van der Waals surface area contributed by atoms with Crippen molar-refractivity contribution in [2.75, 3.05) is 0 Å². The number of aryl methyl sites for hydroxylation is 1. The third kappa shape index (κ3) is 7.07. The fraction of sp³-hybridized carbons (Fsp3) is 0.152. The molecule has 0 fully saturated rings. The van der Waals surface area contributed by atoms with Gasteiger partial charge >= 0.3 is 0 Å². The molecule has 0 amide bonds. The minimum Gasteiger partial charge on any atom is -0.304 e. The van der Waals surface area contributed by atoms with E-state index in [1.54, 1.807) is 0 Å². The van der Waals surface area contributed by atoms with Crippen LogP contribution in [0.5, 0.6) is 0 Å². The van der Waals surface area contributed by atoms with E-state index in [2.05, 4.69) is 80.1 Å². The Kier molecular flexibility index (Phi) is 9.47. The number of benzene rings is 3. The Morgan fingerprint density at radius 3 is 1.72 bits per heavy atom. The van der Waals surface area contributed by atoms with Crippen LogP contribution in [0.2, 0.25) is 0 Å². The van der Waals surface area contributed by atoms with Gasteiger partial charge in [-0.05, 0) is 40.4 Å². The molecule has 0 bridgehead atoms. The van der Waals surface area contributed by atoms with E-state index in [4.69, 9.17) is 0 Å². The molecule has 5 rings (SSSR count). The van der Waals surface area contributed by atoms with E-state index in [1.165, 1.54) is 22.3 Å². The van der Waals surface area contributed by atoms with Gasteiger partial charge in [0.2, 0.25) is 0 Å². The summed E-state index contributed by atoms with van der Waals surface area (Å²) in [5.74, 6) is 0. The third-order valence-corrected chi connectivity index (χ3v) is 5.80. The molecule has 2 aromatic heterocycles. The molecule has 0 atom stereocenters. The van der Waals surface area contributed by atoms with Crippen LogP contribution in [0.4, 0.5) is 0 Å². The molecular weight excluding hydrogens is 617 g/mol. The average molecular weight is 647 g/mol. The number of pyridine rings is 2. The summed E-state index contributed by atoms with van der Waals surface area (Å²) < 4.78 is 0. The van der Waals surface area contributed by atoms with Crippen molar-refractivity contribution in [2.45, 2.75) is 33.1 Å². The first-order valence-electron chi connectivity index (χ1n) is 11.8. The van der Waals surface area contributed by atoms with E-state index < -0.39 is 0 Å². The Morgan fingerprint density at radius 1 is 0.639 bits per heavy atom. The summed E-state index contributed by atoms with van der Waals surface area (Å²) in [4.78, 5) is 9.04. The molecule has 1 radical (unpaired) electrons. The summed E-state index contributed by atoms with van der Waals surface area (Å²) in [5, 5.41) is 0. The zero-order valence-electron chi connectivity index (χ0n) is 21.1. The molecule has 5 aromatic rings. The van der Waals surface area contributed by atoms with E-state index in [-0.39, 0.29) is 25.5 Å². The Morgan fingerprint density at radius 2 is 1.22 bits per heavy atom. The Hall–Kier alpha value is -3.39. The topological polar surface area (TPSA) is 25.8 Å². The van der Waals surface area contributed by atoms with Crippen molar-refractivity contribution in [3.8, 4) is 33.6 Å². The van der Waals surface area contributed by atoms with Crippen LogP contribution in [0.3, 0.4) is 0 Å². The van der Waals surface area contributed by atoms with Crippen LogP contribution in [0.25, 0.3) is 33.6 Å². The van der Waals surface area contributed by atoms with Crippen molar-refractivity contribution in [1.29, 1.82) is 0 Å². The van der Waals surface area contributed by atoms with Crippen LogP contribution in [-0.4, -0.2) is 9.97 Å². The van der Waals surface area contributed by atoms with Crippen LogP contribution in [0, 0.1) is 19.1 Å². The second-order valence-electron chi connectivity index (χ2n) is 9.49. The van der Waals surface area contributed by atoms with Gasteiger partial charge in [-0.2, -0.15) is 0 Å². The molecule has 3 aromatic carbocycles. The van der Waals surface area contributed by atoms with Gasteiger partial charge in [0.05, 0.1) is 0 Å². The van der Waals surface area contributed by atoms with E-state index in [1.807, 2.05) is 79.1 Å². The normalized spacial score (nSPS) is 10.6. The van der Waals surface area contributed by atoms with Gasteiger partial charge in [0, 0.05) is 38.1 Å². The van der Waals surface area contributed by atoms with E-state index >= 15 is 0 Å². The molecule has 0 aliphatic carbocycles. The van der Waals surface area contributed by atoms with Crippen LogP contribution < -0.4 is 0 Å². The van der Waals surface area contributed by atoms with Gasteiger partial charge in [-0.3, -0.25) is 0 Å². The minimum absolute atomic E-state index is 0. The maximum atomic E-state index is 4.55. The van der Waals surface area contributed by atoms with Gasteiger partial charge in [0.25, 0.3) is 0 Å². The van der Waals surface area contributed by atoms with Crippen LogP contribution in [0.1, 0.15) is 31.9 Å². The molecule has 0 saturated heterocycles. The Bertz CT molecular complexity index is 1340. The summed E-state index contributed by atoms with van der Waals surface area (Å²) >= 11 is 0. The molecule has 3 heteroatoms. The standard InChI is InChI=1S/C18H14N.C15H16N.Ir/c1-14-12-18(16-10-6-3-7-11-16)19-13-17(14)15-8-4-2-5-9-15;1-15(2,3)13-9-10-14(16-11-13)12-7-5-4-6-8-12;/h2-10,12-13H,1H3;4-7,9-11H,1-3H3;/q2*-1;. The fourth-order valence-electron chi connectivity index (χ4n) is 3.73. The number of hydrogen-bond donors (Lipinski definition) is 0. The maximum Gasteiger partial charge on any atom is 0.0242 e. The van der Waals surface area contributed by atoms with Gasteiger partial charge in [-0.1, -0.05) is 69.3 Å². The van der Waals surface area contributed by atoms with Crippen LogP contribution in [-0.2, 0) is 25.5 Å². The Balaban J connectivity index is 0.000000198.